The van der Waals surface area contributed by atoms with E-state index in [4.69, 9.17) is 0 Å². The highest BCUT2D eigenvalue weighted by atomic mass is 15.0. The number of benzene rings is 1. The lowest BCUT2D eigenvalue weighted by Gasteiger charge is -2.50. The van der Waals surface area contributed by atoms with Gasteiger partial charge in [0.1, 0.15) is 0 Å². The zero-order chi connectivity index (χ0) is 14.9. The fourth-order valence-corrected chi connectivity index (χ4v) is 4.63. The fourth-order valence-electron chi connectivity index (χ4n) is 4.63. The van der Waals surface area contributed by atoms with Crippen LogP contribution >= 0.6 is 0 Å². The highest BCUT2D eigenvalue weighted by Gasteiger charge is 2.52. The van der Waals surface area contributed by atoms with Crippen LogP contribution in [0, 0.1) is 18.8 Å². The van der Waals surface area contributed by atoms with Crippen LogP contribution in [0.5, 0.6) is 0 Å². The summed E-state index contributed by atoms with van der Waals surface area (Å²) in [6.45, 7) is 3.11. The maximum absolute atomic E-state index is 4.19. The number of rotatable bonds is 4. The lowest BCUT2D eigenvalue weighted by Crippen LogP contribution is -2.54. The van der Waals surface area contributed by atoms with Crippen LogP contribution in [0.15, 0.2) is 48.8 Å². The van der Waals surface area contributed by atoms with E-state index in [2.05, 4.69) is 53.6 Å². The molecule has 0 bridgehead atoms. The third-order valence-electron chi connectivity index (χ3n) is 5.78. The van der Waals surface area contributed by atoms with Crippen LogP contribution in [0.3, 0.4) is 0 Å². The largest absolute Gasteiger partial charge is 0.309 e. The smallest absolute Gasteiger partial charge is 0.0300 e. The van der Waals surface area contributed by atoms with Crippen molar-refractivity contribution in [3.63, 3.8) is 0 Å². The minimum Gasteiger partial charge on any atom is -0.309 e. The molecule has 2 unspecified atom stereocenters. The first-order valence-electron chi connectivity index (χ1n) is 8.52. The molecule has 1 heterocycles. The van der Waals surface area contributed by atoms with Gasteiger partial charge in [0, 0.05) is 30.9 Å². The molecule has 2 heteroatoms. The van der Waals surface area contributed by atoms with Crippen molar-refractivity contribution < 1.29 is 0 Å². The first-order chi connectivity index (χ1) is 10.8. The highest BCUT2D eigenvalue weighted by molar-refractivity contribution is 5.29. The van der Waals surface area contributed by atoms with E-state index in [1.54, 1.807) is 0 Å². The number of pyridine rings is 1. The van der Waals surface area contributed by atoms with Crippen molar-refractivity contribution in [3.05, 3.63) is 65.5 Å². The second-order valence-corrected chi connectivity index (χ2v) is 6.90. The van der Waals surface area contributed by atoms with Gasteiger partial charge in [-0.3, -0.25) is 4.98 Å². The molecule has 2 aliphatic carbocycles. The summed E-state index contributed by atoms with van der Waals surface area (Å²) in [5.74, 6) is 2.49. The van der Waals surface area contributed by atoms with Crippen LogP contribution in [0.4, 0.5) is 0 Å². The van der Waals surface area contributed by atoms with Gasteiger partial charge in [0.25, 0.3) is 0 Å². The van der Waals surface area contributed by atoms with Crippen LogP contribution in [0.25, 0.3) is 0 Å². The maximum Gasteiger partial charge on any atom is 0.0300 e. The van der Waals surface area contributed by atoms with Crippen LogP contribution in [0.2, 0.25) is 0 Å². The molecule has 1 N–H and O–H groups in total. The minimum absolute atomic E-state index is 0.641. The van der Waals surface area contributed by atoms with Gasteiger partial charge in [-0.25, -0.2) is 0 Å². The third-order valence-corrected chi connectivity index (χ3v) is 5.78. The Bertz CT molecular complexity index is 637. The zero-order valence-electron chi connectivity index (χ0n) is 13.2. The molecule has 2 aromatic rings. The van der Waals surface area contributed by atoms with E-state index in [9.17, 15) is 0 Å². The highest BCUT2D eigenvalue weighted by Crippen LogP contribution is 2.55. The molecule has 114 valence electrons. The van der Waals surface area contributed by atoms with Gasteiger partial charge in [-0.15, -0.1) is 0 Å². The lowest BCUT2D eigenvalue weighted by molar-refractivity contribution is 0.0940. The average molecular weight is 292 g/mol. The van der Waals surface area contributed by atoms with Gasteiger partial charge in [0.15, 0.2) is 0 Å². The van der Waals surface area contributed by atoms with Gasteiger partial charge < -0.3 is 5.32 Å². The van der Waals surface area contributed by atoms with Crippen molar-refractivity contribution in [1.82, 2.24) is 10.3 Å². The number of nitrogens with zero attached hydrogens (tertiary/aromatic N) is 1. The Morgan fingerprint density at radius 1 is 1.09 bits per heavy atom. The molecule has 0 saturated heterocycles. The van der Waals surface area contributed by atoms with E-state index in [1.807, 2.05) is 12.4 Å². The summed E-state index contributed by atoms with van der Waals surface area (Å²) in [5, 5.41) is 3.87. The molecule has 0 aliphatic heterocycles. The summed E-state index contributed by atoms with van der Waals surface area (Å²) in [6, 6.07) is 13.9. The number of hydrogen-bond acceptors (Lipinski definition) is 2. The van der Waals surface area contributed by atoms with Crippen LogP contribution in [-0.4, -0.2) is 11.0 Å². The standard InChI is InChI=1S/C20H24N2/c1-14-12-21-11-10-16(14)13-22-20-18-9-5-8-17(18)19(20)15-6-3-2-4-7-15/h2-4,6-7,10-12,17-20,22H,5,8-9,13H2,1H3/t17?,18?,19-,20-/m1/s1. The van der Waals surface area contributed by atoms with Crippen LogP contribution in [-0.2, 0) is 6.54 Å². The molecule has 2 saturated carbocycles. The average Bonchev–Trinajstić information content (AvgIpc) is 2.94. The molecule has 22 heavy (non-hydrogen) atoms. The van der Waals surface area contributed by atoms with Gasteiger partial charge in [-0.2, -0.15) is 0 Å². The Kier molecular flexibility index (Phi) is 3.71. The van der Waals surface area contributed by atoms with Gasteiger partial charge in [0.05, 0.1) is 0 Å². The van der Waals surface area contributed by atoms with Gasteiger partial charge in [0.2, 0.25) is 0 Å². The first kappa shape index (κ1) is 14.0. The Hall–Kier alpha value is -1.67. The molecule has 4 rings (SSSR count). The van der Waals surface area contributed by atoms with E-state index in [0.717, 1.165) is 18.4 Å². The number of fused-ring (bicyclic) bond motifs is 1. The van der Waals surface area contributed by atoms with Crippen molar-refractivity contribution in [3.8, 4) is 0 Å². The van der Waals surface area contributed by atoms with E-state index in [0.29, 0.717) is 12.0 Å². The maximum atomic E-state index is 4.19. The Labute approximate surface area is 133 Å². The molecule has 2 aliphatic rings. The molecule has 0 amide bonds. The predicted octanol–water partition coefficient (Wildman–Crippen LogP) is 4.06. The number of nitrogens with one attached hydrogen (secondary N) is 1. The Morgan fingerprint density at radius 3 is 2.73 bits per heavy atom. The molecule has 0 radical (unpaired) electrons. The van der Waals surface area contributed by atoms with Crippen molar-refractivity contribution in [2.75, 3.05) is 0 Å². The molecule has 4 atom stereocenters. The molecular formula is C20H24N2. The van der Waals surface area contributed by atoms with Crippen LogP contribution in [0.1, 0.15) is 41.9 Å². The van der Waals surface area contributed by atoms with Gasteiger partial charge >= 0.3 is 0 Å². The van der Waals surface area contributed by atoms with Crippen LogP contribution < -0.4 is 5.32 Å². The monoisotopic (exact) mass is 292 g/mol. The number of hydrogen-bond donors (Lipinski definition) is 1. The van der Waals surface area contributed by atoms with E-state index >= 15 is 0 Å². The fraction of sp³-hybridized carbons (Fsp3) is 0.450. The molecule has 1 aromatic heterocycles. The summed E-state index contributed by atoms with van der Waals surface area (Å²) in [6.07, 6.45) is 8.09. The predicted molar refractivity (Wildman–Crippen MR) is 89.6 cm³/mol. The van der Waals surface area contributed by atoms with Crippen molar-refractivity contribution >= 4 is 0 Å². The summed E-state index contributed by atoms with van der Waals surface area (Å²) in [4.78, 5) is 4.19. The molecule has 0 spiro atoms. The van der Waals surface area contributed by atoms with Crippen molar-refractivity contribution in [1.29, 1.82) is 0 Å². The van der Waals surface area contributed by atoms with E-state index in [1.165, 1.54) is 36.0 Å². The second kappa shape index (κ2) is 5.85. The molecular weight excluding hydrogens is 268 g/mol. The topological polar surface area (TPSA) is 24.9 Å². The van der Waals surface area contributed by atoms with Crippen molar-refractivity contribution in [2.24, 2.45) is 11.8 Å². The minimum atomic E-state index is 0.641. The zero-order valence-corrected chi connectivity index (χ0v) is 13.2. The normalized spacial score (nSPS) is 29.9. The SMILES string of the molecule is Cc1cnccc1CN[C@@H]1C2CCCC2[C@H]1c1ccccc1. The second-order valence-electron chi connectivity index (χ2n) is 6.90. The summed E-state index contributed by atoms with van der Waals surface area (Å²) < 4.78 is 0. The quantitative estimate of drug-likeness (QED) is 0.919. The molecule has 2 nitrogen and oxygen atoms in total. The van der Waals surface area contributed by atoms with Gasteiger partial charge in [-0.05, 0) is 54.4 Å². The first-order valence-corrected chi connectivity index (χ1v) is 8.52. The van der Waals surface area contributed by atoms with E-state index < -0.39 is 0 Å². The summed E-state index contributed by atoms with van der Waals surface area (Å²) in [5.41, 5.74) is 4.19. The third kappa shape index (κ3) is 2.36. The van der Waals surface area contributed by atoms with Crippen molar-refractivity contribution in [2.45, 2.75) is 44.7 Å². The Morgan fingerprint density at radius 2 is 1.91 bits per heavy atom. The van der Waals surface area contributed by atoms with Gasteiger partial charge in [-0.1, -0.05) is 36.8 Å². The molecule has 1 aromatic carbocycles. The molecule has 2 fully saturated rings. The Balaban J connectivity index is 1.51. The number of aromatic nitrogens is 1. The number of aryl methyl sites for hydroxylation is 1. The summed E-state index contributed by atoms with van der Waals surface area (Å²) in [7, 11) is 0. The lowest BCUT2D eigenvalue weighted by atomic mass is 9.60. The summed E-state index contributed by atoms with van der Waals surface area (Å²) >= 11 is 0. The van der Waals surface area contributed by atoms with E-state index in [-0.39, 0.29) is 0 Å².